The molecule has 0 fully saturated rings. The fraction of sp³-hybridized carbons (Fsp3) is 0.167. The summed E-state index contributed by atoms with van der Waals surface area (Å²) in [6.07, 6.45) is 1.15. The lowest BCUT2D eigenvalue weighted by atomic mass is 10.1. The van der Waals surface area contributed by atoms with Gasteiger partial charge in [-0.25, -0.2) is 16.8 Å². The van der Waals surface area contributed by atoms with Gasteiger partial charge in [-0.2, -0.15) is 0 Å². The Morgan fingerprint density at radius 2 is 1.35 bits per heavy atom. The first kappa shape index (κ1) is 28.8. The molecule has 4 aromatic carbocycles. The SMILES string of the molecule is Cc1ccc(NS(=O)(=O)c2ccc(NC(=O)c3ccc(N(Cc4ccccc4C)S(C)(=O)=O)cc3)cc2)cc1C. The zero-order valence-corrected chi connectivity index (χ0v) is 24.3. The van der Waals surface area contributed by atoms with Gasteiger partial charge in [0.15, 0.2) is 0 Å². The van der Waals surface area contributed by atoms with Crippen LogP contribution < -0.4 is 14.3 Å². The predicted octanol–water partition coefficient (Wildman–Crippen LogP) is 5.63. The van der Waals surface area contributed by atoms with Gasteiger partial charge in [0.1, 0.15) is 0 Å². The number of nitrogens with one attached hydrogen (secondary N) is 2. The van der Waals surface area contributed by atoms with E-state index in [4.69, 9.17) is 0 Å². The van der Waals surface area contributed by atoms with Crippen LogP contribution >= 0.6 is 0 Å². The van der Waals surface area contributed by atoms with Gasteiger partial charge in [-0.3, -0.25) is 13.8 Å². The summed E-state index contributed by atoms with van der Waals surface area (Å²) in [4.78, 5) is 12.9. The smallest absolute Gasteiger partial charge is 0.261 e. The molecule has 2 N–H and O–H groups in total. The van der Waals surface area contributed by atoms with Crippen LogP contribution in [0.25, 0.3) is 0 Å². The number of amides is 1. The van der Waals surface area contributed by atoms with Crippen LogP contribution in [0.2, 0.25) is 0 Å². The minimum Gasteiger partial charge on any atom is -0.322 e. The highest BCUT2D eigenvalue weighted by Gasteiger charge is 2.20. The van der Waals surface area contributed by atoms with Gasteiger partial charge in [-0.15, -0.1) is 0 Å². The van der Waals surface area contributed by atoms with Crippen molar-refractivity contribution in [1.29, 1.82) is 0 Å². The number of aryl methyl sites for hydroxylation is 3. The van der Waals surface area contributed by atoms with E-state index in [1.165, 1.54) is 28.6 Å². The lowest BCUT2D eigenvalue weighted by Crippen LogP contribution is -2.29. The molecule has 0 aliphatic carbocycles. The molecule has 0 saturated carbocycles. The number of hydrogen-bond donors (Lipinski definition) is 2. The van der Waals surface area contributed by atoms with E-state index in [0.29, 0.717) is 22.6 Å². The molecule has 4 aromatic rings. The first-order valence-electron chi connectivity index (χ1n) is 12.5. The summed E-state index contributed by atoms with van der Waals surface area (Å²) >= 11 is 0. The third kappa shape index (κ3) is 6.88. The number of rotatable bonds is 9. The molecule has 4 rings (SSSR count). The standard InChI is InChI=1S/C30H31N3O5S2/c1-21-9-12-27(19-23(21)3)32-40(37,38)29-17-13-26(14-18-29)31-30(34)24-10-15-28(16-11-24)33(39(4,35)36)20-25-8-6-5-7-22(25)2/h5-19,32H,20H2,1-4H3,(H,31,34). The van der Waals surface area contributed by atoms with E-state index in [1.807, 2.05) is 51.1 Å². The van der Waals surface area contributed by atoms with Crippen LogP contribution in [0.3, 0.4) is 0 Å². The Balaban J connectivity index is 1.45. The van der Waals surface area contributed by atoms with Gasteiger partial charge < -0.3 is 5.32 Å². The van der Waals surface area contributed by atoms with E-state index in [0.717, 1.165) is 28.5 Å². The molecule has 0 radical (unpaired) electrons. The quantitative estimate of drug-likeness (QED) is 0.268. The van der Waals surface area contributed by atoms with E-state index in [9.17, 15) is 21.6 Å². The summed E-state index contributed by atoms with van der Waals surface area (Å²) in [5, 5.41) is 2.74. The maximum absolute atomic E-state index is 12.8. The number of nitrogens with zero attached hydrogens (tertiary/aromatic N) is 1. The minimum atomic E-state index is -3.81. The number of sulfonamides is 2. The lowest BCUT2D eigenvalue weighted by Gasteiger charge is -2.23. The molecule has 0 aliphatic heterocycles. The van der Waals surface area contributed by atoms with Crippen LogP contribution in [-0.2, 0) is 26.6 Å². The van der Waals surface area contributed by atoms with E-state index < -0.39 is 26.0 Å². The number of anilines is 3. The van der Waals surface area contributed by atoms with Gasteiger partial charge in [0, 0.05) is 16.9 Å². The number of benzene rings is 4. The van der Waals surface area contributed by atoms with Crippen molar-refractivity contribution < 1.29 is 21.6 Å². The van der Waals surface area contributed by atoms with Gasteiger partial charge in [-0.05, 0) is 104 Å². The largest absolute Gasteiger partial charge is 0.322 e. The second-order valence-electron chi connectivity index (χ2n) is 9.63. The number of hydrogen-bond acceptors (Lipinski definition) is 5. The monoisotopic (exact) mass is 577 g/mol. The maximum Gasteiger partial charge on any atom is 0.261 e. The topological polar surface area (TPSA) is 113 Å². The fourth-order valence-corrected chi connectivity index (χ4v) is 5.99. The molecule has 40 heavy (non-hydrogen) atoms. The van der Waals surface area contributed by atoms with Crippen molar-refractivity contribution in [1.82, 2.24) is 0 Å². The van der Waals surface area contributed by atoms with Gasteiger partial charge in [0.2, 0.25) is 10.0 Å². The van der Waals surface area contributed by atoms with E-state index in [2.05, 4.69) is 10.0 Å². The molecule has 0 atom stereocenters. The van der Waals surface area contributed by atoms with Crippen LogP contribution in [0, 0.1) is 20.8 Å². The summed E-state index contributed by atoms with van der Waals surface area (Å²) in [6.45, 7) is 5.95. The highest BCUT2D eigenvalue weighted by Crippen LogP contribution is 2.24. The second kappa shape index (κ2) is 11.5. The molecule has 0 unspecified atom stereocenters. The van der Waals surface area contributed by atoms with Crippen molar-refractivity contribution in [2.24, 2.45) is 0 Å². The Bertz CT molecular complexity index is 1750. The fourth-order valence-electron chi connectivity index (χ4n) is 4.06. The molecule has 0 heterocycles. The van der Waals surface area contributed by atoms with Gasteiger partial charge >= 0.3 is 0 Å². The molecule has 10 heteroatoms. The van der Waals surface area contributed by atoms with E-state index in [1.54, 1.807) is 36.4 Å². The van der Waals surface area contributed by atoms with E-state index in [-0.39, 0.29) is 11.4 Å². The average molecular weight is 578 g/mol. The number of carbonyl (C=O) groups excluding carboxylic acids is 1. The summed E-state index contributed by atoms with van der Waals surface area (Å²) in [5.74, 6) is -0.416. The van der Waals surface area contributed by atoms with Crippen molar-refractivity contribution in [3.8, 4) is 0 Å². The average Bonchev–Trinajstić information content (AvgIpc) is 2.90. The summed E-state index contributed by atoms with van der Waals surface area (Å²) in [6, 6.07) is 25.0. The van der Waals surface area contributed by atoms with Gasteiger partial charge in [-0.1, -0.05) is 30.3 Å². The third-order valence-electron chi connectivity index (χ3n) is 6.57. The highest BCUT2D eigenvalue weighted by atomic mass is 32.2. The van der Waals surface area contributed by atoms with Crippen molar-refractivity contribution >= 4 is 43.0 Å². The molecular weight excluding hydrogens is 546 g/mol. The molecule has 0 spiro atoms. The normalized spacial score (nSPS) is 11.6. The van der Waals surface area contributed by atoms with Crippen molar-refractivity contribution in [2.75, 3.05) is 20.6 Å². The molecule has 208 valence electrons. The van der Waals surface area contributed by atoms with Crippen LogP contribution in [0.15, 0.2) is 95.9 Å². The van der Waals surface area contributed by atoms with Crippen molar-refractivity contribution in [3.63, 3.8) is 0 Å². The Kier molecular flexibility index (Phi) is 8.32. The van der Waals surface area contributed by atoms with Crippen LogP contribution in [-0.4, -0.2) is 29.0 Å². The van der Waals surface area contributed by atoms with E-state index >= 15 is 0 Å². The van der Waals surface area contributed by atoms with Crippen LogP contribution in [0.4, 0.5) is 17.1 Å². The van der Waals surface area contributed by atoms with Gasteiger partial charge in [0.25, 0.3) is 15.9 Å². The van der Waals surface area contributed by atoms with Crippen LogP contribution in [0.5, 0.6) is 0 Å². The Morgan fingerprint density at radius 3 is 1.95 bits per heavy atom. The first-order chi connectivity index (χ1) is 18.8. The third-order valence-corrected chi connectivity index (χ3v) is 9.11. The van der Waals surface area contributed by atoms with Crippen LogP contribution in [0.1, 0.15) is 32.6 Å². The zero-order chi connectivity index (χ0) is 29.1. The molecule has 1 amide bonds. The Morgan fingerprint density at radius 1 is 0.725 bits per heavy atom. The number of carbonyl (C=O) groups is 1. The summed E-state index contributed by atoms with van der Waals surface area (Å²) in [7, 11) is -7.38. The highest BCUT2D eigenvalue weighted by molar-refractivity contribution is 7.92. The molecule has 0 bridgehead atoms. The summed E-state index contributed by atoms with van der Waals surface area (Å²) in [5.41, 5.74) is 5.54. The zero-order valence-electron chi connectivity index (χ0n) is 22.7. The Labute approximate surface area is 235 Å². The molecular formula is C30H31N3O5S2. The minimum absolute atomic E-state index is 0.0580. The van der Waals surface area contributed by atoms with Crippen molar-refractivity contribution in [3.05, 3.63) is 119 Å². The predicted molar refractivity (Wildman–Crippen MR) is 160 cm³/mol. The molecule has 0 aromatic heterocycles. The first-order valence-corrected chi connectivity index (χ1v) is 15.8. The van der Waals surface area contributed by atoms with Gasteiger partial charge in [0.05, 0.1) is 23.4 Å². The van der Waals surface area contributed by atoms with Crippen molar-refractivity contribution in [2.45, 2.75) is 32.2 Å². The molecule has 0 saturated heterocycles. The molecule has 8 nitrogen and oxygen atoms in total. The molecule has 0 aliphatic rings. The summed E-state index contributed by atoms with van der Waals surface area (Å²) < 4.78 is 54.5. The second-order valence-corrected chi connectivity index (χ2v) is 13.2. The Hall–Kier alpha value is -4.15. The maximum atomic E-state index is 12.8. The lowest BCUT2D eigenvalue weighted by molar-refractivity contribution is 0.102.